The highest BCUT2D eigenvalue weighted by Crippen LogP contribution is 2.24. The van der Waals surface area contributed by atoms with Crippen molar-refractivity contribution in [2.45, 2.75) is 38.7 Å². The standard InChI is InChI=1S/C13H24N2O2S/c1-13(2,3)11-9-18-12(15-11)7-10(16)8-14-5-6-17-4/h9-10,14,16H,5-8H2,1-4H3. The Balaban J connectivity index is 2.35. The Morgan fingerprint density at radius 2 is 2.22 bits per heavy atom. The van der Waals surface area contributed by atoms with E-state index < -0.39 is 0 Å². The normalized spacial score (nSPS) is 13.8. The molecule has 0 fully saturated rings. The van der Waals surface area contributed by atoms with Crippen molar-refractivity contribution in [3.8, 4) is 0 Å². The number of hydrogen-bond donors (Lipinski definition) is 2. The smallest absolute Gasteiger partial charge is 0.0954 e. The minimum atomic E-state index is -0.388. The van der Waals surface area contributed by atoms with Gasteiger partial charge in [0, 0.05) is 37.4 Å². The van der Waals surface area contributed by atoms with E-state index in [0.717, 1.165) is 17.2 Å². The number of ether oxygens (including phenoxy) is 1. The fraction of sp³-hybridized carbons (Fsp3) is 0.769. The summed E-state index contributed by atoms with van der Waals surface area (Å²) in [6.07, 6.45) is 0.224. The van der Waals surface area contributed by atoms with Gasteiger partial charge in [0.25, 0.3) is 0 Å². The zero-order valence-corrected chi connectivity index (χ0v) is 12.5. The van der Waals surface area contributed by atoms with E-state index >= 15 is 0 Å². The van der Waals surface area contributed by atoms with Crippen LogP contribution in [0.1, 0.15) is 31.5 Å². The first-order chi connectivity index (χ1) is 8.43. The molecule has 1 rings (SSSR count). The van der Waals surface area contributed by atoms with Crippen LogP contribution in [0.2, 0.25) is 0 Å². The molecule has 0 aliphatic carbocycles. The number of aliphatic hydroxyl groups excluding tert-OH is 1. The van der Waals surface area contributed by atoms with Gasteiger partial charge in [0.2, 0.25) is 0 Å². The van der Waals surface area contributed by atoms with Crippen molar-refractivity contribution in [2.75, 3.05) is 26.8 Å². The van der Waals surface area contributed by atoms with Crippen LogP contribution in [-0.2, 0) is 16.6 Å². The monoisotopic (exact) mass is 272 g/mol. The fourth-order valence-corrected chi connectivity index (χ4v) is 2.56. The van der Waals surface area contributed by atoms with Gasteiger partial charge in [-0.2, -0.15) is 0 Å². The summed E-state index contributed by atoms with van der Waals surface area (Å²) in [5.74, 6) is 0. The average Bonchev–Trinajstić information content (AvgIpc) is 2.72. The quantitative estimate of drug-likeness (QED) is 0.740. The molecule has 2 N–H and O–H groups in total. The van der Waals surface area contributed by atoms with E-state index in [4.69, 9.17) is 4.74 Å². The summed E-state index contributed by atoms with van der Waals surface area (Å²) in [5.41, 5.74) is 1.18. The second kappa shape index (κ2) is 7.19. The molecule has 0 saturated heterocycles. The molecular formula is C13H24N2O2S. The highest BCUT2D eigenvalue weighted by molar-refractivity contribution is 7.09. The maximum Gasteiger partial charge on any atom is 0.0954 e. The van der Waals surface area contributed by atoms with Crippen LogP contribution < -0.4 is 5.32 Å². The predicted octanol–water partition coefficient (Wildman–Crippen LogP) is 1.58. The lowest BCUT2D eigenvalue weighted by molar-refractivity contribution is 0.160. The summed E-state index contributed by atoms with van der Waals surface area (Å²) in [4.78, 5) is 4.57. The summed E-state index contributed by atoms with van der Waals surface area (Å²) >= 11 is 1.62. The first kappa shape index (κ1) is 15.6. The molecule has 104 valence electrons. The van der Waals surface area contributed by atoms with Gasteiger partial charge in [-0.25, -0.2) is 4.98 Å². The van der Waals surface area contributed by atoms with Crippen molar-refractivity contribution in [1.29, 1.82) is 0 Å². The molecule has 0 spiro atoms. The molecule has 1 unspecified atom stereocenters. The maximum atomic E-state index is 9.88. The third-order valence-electron chi connectivity index (χ3n) is 2.59. The Kier molecular flexibility index (Phi) is 6.21. The molecule has 0 amide bonds. The molecule has 5 heteroatoms. The molecule has 0 radical (unpaired) electrons. The Labute approximate surface area is 113 Å². The van der Waals surface area contributed by atoms with Crippen LogP contribution in [0.4, 0.5) is 0 Å². The highest BCUT2D eigenvalue weighted by Gasteiger charge is 2.18. The number of nitrogens with one attached hydrogen (secondary N) is 1. The molecule has 1 aromatic rings. The van der Waals surface area contributed by atoms with E-state index in [-0.39, 0.29) is 11.5 Å². The van der Waals surface area contributed by atoms with E-state index in [1.807, 2.05) is 0 Å². The van der Waals surface area contributed by atoms with Gasteiger partial charge in [0.05, 0.1) is 23.4 Å². The molecular weight excluding hydrogens is 248 g/mol. The second-order valence-corrected chi connectivity index (χ2v) is 6.37. The topological polar surface area (TPSA) is 54.4 Å². The molecule has 1 aromatic heterocycles. The zero-order chi connectivity index (χ0) is 13.6. The largest absolute Gasteiger partial charge is 0.391 e. The maximum absolute atomic E-state index is 9.88. The molecule has 0 bridgehead atoms. The molecule has 0 aliphatic heterocycles. The number of hydrogen-bond acceptors (Lipinski definition) is 5. The number of aromatic nitrogens is 1. The van der Waals surface area contributed by atoms with Crippen molar-refractivity contribution in [3.63, 3.8) is 0 Å². The van der Waals surface area contributed by atoms with Gasteiger partial charge in [-0.05, 0) is 0 Å². The number of methoxy groups -OCH3 is 1. The SMILES string of the molecule is COCCNCC(O)Cc1nc(C(C)(C)C)cs1. The molecule has 18 heavy (non-hydrogen) atoms. The minimum Gasteiger partial charge on any atom is -0.391 e. The summed E-state index contributed by atoms with van der Waals surface area (Å²) in [5, 5.41) is 16.1. The predicted molar refractivity (Wildman–Crippen MR) is 75.3 cm³/mol. The Bertz CT molecular complexity index is 347. The summed E-state index contributed by atoms with van der Waals surface area (Å²) < 4.78 is 4.93. The van der Waals surface area contributed by atoms with Crippen molar-refractivity contribution >= 4 is 11.3 Å². The van der Waals surface area contributed by atoms with Gasteiger partial charge in [-0.1, -0.05) is 20.8 Å². The van der Waals surface area contributed by atoms with Crippen LogP contribution in [0.3, 0.4) is 0 Å². The Hall–Kier alpha value is -0.490. The number of nitrogens with zero attached hydrogens (tertiary/aromatic N) is 1. The van der Waals surface area contributed by atoms with E-state index in [1.54, 1.807) is 18.4 Å². The molecule has 0 saturated carbocycles. The number of thiazole rings is 1. The fourth-order valence-electron chi connectivity index (χ4n) is 1.47. The average molecular weight is 272 g/mol. The van der Waals surface area contributed by atoms with Gasteiger partial charge in [0.1, 0.15) is 0 Å². The lowest BCUT2D eigenvalue weighted by atomic mass is 9.93. The first-order valence-electron chi connectivity index (χ1n) is 6.26. The highest BCUT2D eigenvalue weighted by atomic mass is 32.1. The molecule has 1 atom stereocenters. The van der Waals surface area contributed by atoms with Crippen molar-refractivity contribution in [3.05, 3.63) is 16.1 Å². The van der Waals surface area contributed by atoms with Gasteiger partial charge >= 0.3 is 0 Å². The first-order valence-corrected chi connectivity index (χ1v) is 7.14. The van der Waals surface area contributed by atoms with Crippen molar-refractivity contribution in [1.82, 2.24) is 10.3 Å². The summed E-state index contributed by atoms with van der Waals surface area (Å²) in [6, 6.07) is 0. The third kappa shape index (κ3) is 5.44. The summed E-state index contributed by atoms with van der Waals surface area (Å²) in [6.45, 7) is 8.45. The van der Waals surface area contributed by atoms with Gasteiger partial charge < -0.3 is 15.2 Å². The van der Waals surface area contributed by atoms with Crippen molar-refractivity contribution in [2.24, 2.45) is 0 Å². The lowest BCUT2D eigenvalue weighted by Gasteiger charge is -2.14. The minimum absolute atomic E-state index is 0.0798. The van der Waals surface area contributed by atoms with Crippen LogP contribution in [0.5, 0.6) is 0 Å². The van der Waals surface area contributed by atoms with E-state index in [0.29, 0.717) is 19.6 Å². The summed E-state index contributed by atoms with van der Waals surface area (Å²) in [7, 11) is 1.67. The van der Waals surface area contributed by atoms with E-state index in [9.17, 15) is 5.11 Å². The lowest BCUT2D eigenvalue weighted by Crippen LogP contribution is -2.30. The molecule has 0 aliphatic rings. The van der Waals surface area contributed by atoms with Crippen LogP contribution in [0.15, 0.2) is 5.38 Å². The second-order valence-electron chi connectivity index (χ2n) is 5.43. The van der Waals surface area contributed by atoms with E-state index in [1.165, 1.54) is 0 Å². The molecule has 4 nitrogen and oxygen atoms in total. The van der Waals surface area contributed by atoms with Crippen LogP contribution >= 0.6 is 11.3 Å². The zero-order valence-electron chi connectivity index (χ0n) is 11.7. The van der Waals surface area contributed by atoms with Gasteiger partial charge in [0.15, 0.2) is 0 Å². The Morgan fingerprint density at radius 1 is 1.50 bits per heavy atom. The van der Waals surface area contributed by atoms with Crippen molar-refractivity contribution < 1.29 is 9.84 Å². The van der Waals surface area contributed by atoms with Crippen LogP contribution in [-0.4, -0.2) is 43.0 Å². The number of aliphatic hydroxyl groups is 1. The molecule has 1 heterocycles. The van der Waals surface area contributed by atoms with Crippen LogP contribution in [0, 0.1) is 0 Å². The third-order valence-corrected chi connectivity index (χ3v) is 3.46. The molecule has 0 aromatic carbocycles. The Morgan fingerprint density at radius 3 is 2.78 bits per heavy atom. The van der Waals surface area contributed by atoms with E-state index in [2.05, 4.69) is 36.5 Å². The van der Waals surface area contributed by atoms with Gasteiger partial charge in [-0.3, -0.25) is 0 Å². The number of rotatable bonds is 7. The van der Waals surface area contributed by atoms with Crippen LogP contribution in [0.25, 0.3) is 0 Å². The van der Waals surface area contributed by atoms with Gasteiger partial charge in [-0.15, -0.1) is 11.3 Å².